The van der Waals surface area contributed by atoms with Crippen molar-refractivity contribution in [3.8, 4) is 0 Å². The summed E-state index contributed by atoms with van der Waals surface area (Å²) >= 11 is 0. The summed E-state index contributed by atoms with van der Waals surface area (Å²) in [4.78, 5) is 14.1. The zero-order valence-electron chi connectivity index (χ0n) is 8.13. The van der Waals surface area contributed by atoms with E-state index in [0.29, 0.717) is 24.8 Å². The lowest BCUT2D eigenvalue weighted by Crippen LogP contribution is -2.08. The van der Waals surface area contributed by atoms with Gasteiger partial charge in [-0.3, -0.25) is 0 Å². The van der Waals surface area contributed by atoms with Crippen molar-refractivity contribution in [2.45, 2.75) is 33.6 Å². The summed E-state index contributed by atoms with van der Waals surface area (Å²) in [6.45, 7) is 13.0. The Hall–Kier alpha value is -0.840. The zero-order valence-corrected chi connectivity index (χ0v) is 8.13. The zero-order chi connectivity index (χ0) is 9.56. The maximum atomic E-state index is 10.7. The van der Waals surface area contributed by atoms with Crippen LogP contribution in [0.15, 0.2) is 0 Å². The first-order chi connectivity index (χ1) is 5.56. The maximum absolute atomic E-state index is 10.7. The van der Waals surface area contributed by atoms with Gasteiger partial charge in [-0.05, 0) is 19.3 Å². The Morgan fingerprint density at radius 3 is 2.42 bits per heavy atom. The van der Waals surface area contributed by atoms with Crippen LogP contribution in [0.3, 0.4) is 0 Å². The second-order valence-electron chi connectivity index (χ2n) is 3.69. The van der Waals surface area contributed by atoms with E-state index < -0.39 is 0 Å². The van der Waals surface area contributed by atoms with Crippen molar-refractivity contribution < 1.29 is 4.79 Å². The van der Waals surface area contributed by atoms with Gasteiger partial charge in [0.1, 0.15) is 5.78 Å². The van der Waals surface area contributed by atoms with Crippen molar-refractivity contribution in [3.05, 3.63) is 11.4 Å². The van der Waals surface area contributed by atoms with Crippen LogP contribution in [-0.4, -0.2) is 12.3 Å². The number of ketones is 1. The van der Waals surface area contributed by atoms with Crippen LogP contribution >= 0.6 is 0 Å². The van der Waals surface area contributed by atoms with Crippen LogP contribution in [0, 0.1) is 18.4 Å². The molecule has 68 valence electrons. The van der Waals surface area contributed by atoms with E-state index in [9.17, 15) is 4.79 Å². The number of hydrogen-bond acceptors (Lipinski definition) is 1. The molecule has 2 unspecified atom stereocenters. The lowest BCUT2D eigenvalue weighted by molar-refractivity contribution is -0.117. The van der Waals surface area contributed by atoms with Gasteiger partial charge < -0.3 is 9.64 Å². The standard InChI is InChI=1S/C10H17NO/c1-8(6-10(3)12)5-9(2)7-11-4/h8-9H,5-7H2,1-3H3. The molecule has 0 aliphatic heterocycles. The minimum Gasteiger partial charge on any atom is -0.317 e. The average Bonchev–Trinajstić information content (AvgIpc) is 1.84. The van der Waals surface area contributed by atoms with E-state index >= 15 is 0 Å². The molecule has 0 N–H and O–H groups in total. The van der Waals surface area contributed by atoms with E-state index in [2.05, 4.69) is 18.7 Å². The van der Waals surface area contributed by atoms with Crippen LogP contribution in [0.1, 0.15) is 33.6 Å². The molecule has 0 aliphatic carbocycles. The highest BCUT2D eigenvalue weighted by Gasteiger charge is 2.11. The van der Waals surface area contributed by atoms with Gasteiger partial charge in [0.15, 0.2) is 0 Å². The van der Waals surface area contributed by atoms with E-state index in [1.807, 2.05) is 0 Å². The molecule has 0 fully saturated rings. The van der Waals surface area contributed by atoms with Gasteiger partial charge in [-0.1, -0.05) is 13.8 Å². The van der Waals surface area contributed by atoms with Crippen molar-refractivity contribution >= 4 is 5.78 Å². The molecule has 0 spiro atoms. The number of Topliss-reactive ketones (excluding diaryl/α,β-unsaturated/α-hetero) is 1. The first kappa shape index (κ1) is 11.2. The predicted molar refractivity (Wildman–Crippen MR) is 49.7 cm³/mol. The summed E-state index contributed by atoms with van der Waals surface area (Å²) in [5.41, 5.74) is 0. The van der Waals surface area contributed by atoms with Crippen LogP contribution in [0.5, 0.6) is 0 Å². The molecule has 0 saturated carbocycles. The summed E-state index contributed by atoms with van der Waals surface area (Å²) in [6.07, 6.45) is 1.64. The molecule has 12 heavy (non-hydrogen) atoms. The molecular weight excluding hydrogens is 150 g/mol. The topological polar surface area (TPSA) is 21.4 Å². The minimum absolute atomic E-state index is 0.248. The van der Waals surface area contributed by atoms with E-state index in [1.165, 1.54) is 0 Å². The monoisotopic (exact) mass is 167 g/mol. The van der Waals surface area contributed by atoms with Gasteiger partial charge >= 0.3 is 0 Å². The Kier molecular flexibility index (Phi) is 5.36. The molecule has 0 rings (SSSR count). The van der Waals surface area contributed by atoms with Crippen molar-refractivity contribution in [3.63, 3.8) is 0 Å². The lowest BCUT2D eigenvalue weighted by atomic mass is 9.93. The summed E-state index contributed by atoms with van der Waals surface area (Å²) in [5.74, 6) is 1.11. The largest absolute Gasteiger partial charge is 0.317 e. The molecule has 0 heterocycles. The maximum Gasteiger partial charge on any atom is 0.217 e. The SMILES string of the molecule is [C-]#[N+]CC(C)CC(C)CC(C)=O. The predicted octanol–water partition coefficient (Wildman–Crippen LogP) is 2.55. The van der Waals surface area contributed by atoms with Gasteiger partial charge in [-0.15, -0.1) is 0 Å². The number of carbonyl (C=O) groups excluding carboxylic acids is 1. The molecule has 0 amide bonds. The van der Waals surface area contributed by atoms with E-state index in [1.54, 1.807) is 6.92 Å². The van der Waals surface area contributed by atoms with Crippen molar-refractivity contribution in [2.75, 3.05) is 6.54 Å². The fraction of sp³-hybridized carbons (Fsp3) is 0.800. The molecule has 0 bridgehead atoms. The van der Waals surface area contributed by atoms with E-state index in [0.717, 1.165) is 6.42 Å². The van der Waals surface area contributed by atoms with Crippen molar-refractivity contribution in [2.24, 2.45) is 11.8 Å². The molecule has 0 saturated heterocycles. The van der Waals surface area contributed by atoms with Crippen LogP contribution < -0.4 is 0 Å². The normalized spacial score (nSPS) is 14.8. The number of hydrogen-bond donors (Lipinski definition) is 0. The summed E-state index contributed by atoms with van der Waals surface area (Å²) < 4.78 is 0. The highest BCUT2D eigenvalue weighted by molar-refractivity contribution is 5.75. The fourth-order valence-corrected chi connectivity index (χ4v) is 1.49. The first-order valence-electron chi connectivity index (χ1n) is 4.39. The van der Waals surface area contributed by atoms with Gasteiger partial charge in [0.25, 0.3) is 0 Å². The first-order valence-corrected chi connectivity index (χ1v) is 4.39. The molecule has 0 radical (unpaired) electrons. The Balaban J connectivity index is 3.62. The Labute approximate surface area is 74.8 Å². The Morgan fingerprint density at radius 2 is 2.00 bits per heavy atom. The van der Waals surface area contributed by atoms with Gasteiger partial charge in [0.05, 0.1) is 0 Å². The van der Waals surface area contributed by atoms with Crippen LogP contribution in [-0.2, 0) is 4.79 Å². The van der Waals surface area contributed by atoms with Gasteiger partial charge in [0.2, 0.25) is 6.54 Å². The summed E-state index contributed by atoms with van der Waals surface area (Å²) in [7, 11) is 0. The molecule has 0 aliphatic rings. The van der Waals surface area contributed by atoms with Crippen LogP contribution in [0.4, 0.5) is 0 Å². The van der Waals surface area contributed by atoms with Crippen LogP contribution in [0.25, 0.3) is 4.85 Å². The van der Waals surface area contributed by atoms with Gasteiger partial charge in [-0.2, -0.15) is 0 Å². The summed E-state index contributed by atoms with van der Waals surface area (Å²) in [5, 5.41) is 0. The van der Waals surface area contributed by atoms with Crippen molar-refractivity contribution in [1.82, 2.24) is 0 Å². The molecule has 2 heteroatoms. The van der Waals surface area contributed by atoms with Gasteiger partial charge in [-0.25, -0.2) is 6.57 Å². The molecule has 2 atom stereocenters. The Morgan fingerprint density at radius 1 is 1.42 bits per heavy atom. The third-order valence-electron chi connectivity index (χ3n) is 1.84. The average molecular weight is 167 g/mol. The quantitative estimate of drug-likeness (QED) is 0.576. The minimum atomic E-state index is 0.248. The second-order valence-corrected chi connectivity index (χ2v) is 3.69. The summed E-state index contributed by atoms with van der Waals surface area (Å²) in [6, 6.07) is 0. The highest BCUT2D eigenvalue weighted by Crippen LogP contribution is 2.15. The molecule has 2 nitrogen and oxygen atoms in total. The van der Waals surface area contributed by atoms with E-state index in [4.69, 9.17) is 6.57 Å². The Bertz CT molecular complexity index is 181. The molecule has 0 aromatic rings. The van der Waals surface area contributed by atoms with Crippen molar-refractivity contribution in [1.29, 1.82) is 0 Å². The number of rotatable bonds is 5. The highest BCUT2D eigenvalue weighted by atomic mass is 16.1. The third kappa shape index (κ3) is 5.91. The lowest BCUT2D eigenvalue weighted by Gasteiger charge is -2.11. The van der Waals surface area contributed by atoms with Crippen LogP contribution in [0.2, 0.25) is 0 Å². The number of carbonyl (C=O) groups is 1. The number of nitrogens with zero attached hydrogens (tertiary/aromatic N) is 1. The smallest absolute Gasteiger partial charge is 0.217 e. The molecule has 0 aromatic carbocycles. The molecular formula is C10H17NO. The fourth-order valence-electron chi connectivity index (χ4n) is 1.49. The van der Waals surface area contributed by atoms with E-state index in [-0.39, 0.29) is 5.78 Å². The van der Waals surface area contributed by atoms with Gasteiger partial charge in [0, 0.05) is 12.3 Å². The molecule has 0 aromatic heterocycles. The second kappa shape index (κ2) is 5.77. The third-order valence-corrected chi connectivity index (χ3v) is 1.84.